The molecule has 0 atom stereocenters. The molecule has 1 aliphatic carbocycles. The van der Waals surface area contributed by atoms with Crippen LogP contribution in [0, 0.1) is 0 Å². The number of carbonyl (C=O) groups excluding carboxylic acids is 2. The van der Waals surface area contributed by atoms with E-state index in [2.05, 4.69) is 22.0 Å². The van der Waals surface area contributed by atoms with Crippen LogP contribution < -0.4 is 20.7 Å². The van der Waals surface area contributed by atoms with Crippen LogP contribution in [0.25, 0.3) is 0 Å². The predicted molar refractivity (Wildman–Crippen MR) is 93.2 cm³/mol. The number of carbonyl (C=O) groups is 2. The topological polar surface area (TPSA) is 79.5 Å². The van der Waals surface area contributed by atoms with Crippen molar-refractivity contribution in [3.63, 3.8) is 0 Å². The van der Waals surface area contributed by atoms with Crippen molar-refractivity contribution in [2.45, 2.75) is 44.6 Å². The molecule has 0 aliphatic heterocycles. The molecule has 0 aromatic heterocycles. The van der Waals surface area contributed by atoms with Crippen molar-refractivity contribution in [2.75, 3.05) is 20.2 Å². The molecule has 6 nitrogen and oxygen atoms in total. The Morgan fingerprint density at radius 1 is 1.21 bits per heavy atom. The summed E-state index contributed by atoms with van der Waals surface area (Å²) in [5.74, 6) is 0.806. The molecule has 1 aliphatic rings. The first-order valence-corrected chi connectivity index (χ1v) is 8.41. The maximum absolute atomic E-state index is 11.9. The van der Waals surface area contributed by atoms with Gasteiger partial charge in [-0.2, -0.15) is 0 Å². The quantitative estimate of drug-likeness (QED) is 0.680. The number of para-hydroxylation sites is 1. The van der Waals surface area contributed by atoms with Gasteiger partial charge >= 0.3 is 6.03 Å². The molecule has 24 heavy (non-hydrogen) atoms. The van der Waals surface area contributed by atoms with E-state index in [1.165, 1.54) is 0 Å². The maximum Gasteiger partial charge on any atom is 0.314 e. The first kappa shape index (κ1) is 18.1. The Morgan fingerprint density at radius 2 is 1.92 bits per heavy atom. The summed E-state index contributed by atoms with van der Waals surface area (Å²) in [6.07, 6.45) is 2.35. The summed E-state index contributed by atoms with van der Waals surface area (Å²) in [7, 11) is 1.66. The number of benzene rings is 1. The standard InChI is InChI=1S/C18H27N3O3/c1-13(2)21-16(22)8-11-19-17(23)20-12-18(9-10-18)14-6-4-5-7-15(14)24-3/h4-7,13H,8-12H2,1-3H3,(H,21,22)(H2,19,20,23). The molecule has 2 rings (SSSR count). The molecule has 0 heterocycles. The molecule has 1 aromatic rings. The fourth-order valence-electron chi connectivity index (χ4n) is 2.77. The Hall–Kier alpha value is -2.24. The largest absolute Gasteiger partial charge is 0.496 e. The van der Waals surface area contributed by atoms with Gasteiger partial charge in [0.15, 0.2) is 0 Å². The first-order chi connectivity index (χ1) is 11.5. The second-order valence-corrected chi connectivity index (χ2v) is 6.56. The maximum atomic E-state index is 11.9. The van der Waals surface area contributed by atoms with Gasteiger partial charge < -0.3 is 20.7 Å². The van der Waals surface area contributed by atoms with Crippen molar-refractivity contribution >= 4 is 11.9 Å². The second-order valence-electron chi connectivity index (χ2n) is 6.56. The Labute approximate surface area is 143 Å². The van der Waals surface area contributed by atoms with E-state index in [1.807, 2.05) is 32.0 Å². The number of methoxy groups -OCH3 is 1. The highest BCUT2D eigenvalue weighted by atomic mass is 16.5. The van der Waals surface area contributed by atoms with E-state index < -0.39 is 0 Å². The Balaban J connectivity index is 1.77. The minimum Gasteiger partial charge on any atom is -0.496 e. The Kier molecular flexibility index (Phi) is 6.06. The van der Waals surface area contributed by atoms with Crippen LogP contribution in [-0.4, -0.2) is 38.2 Å². The van der Waals surface area contributed by atoms with Crippen LogP contribution in [0.3, 0.4) is 0 Å². The third kappa shape index (κ3) is 4.88. The van der Waals surface area contributed by atoms with Crippen LogP contribution in [-0.2, 0) is 10.2 Å². The third-order valence-electron chi connectivity index (χ3n) is 4.21. The lowest BCUT2D eigenvalue weighted by Gasteiger charge is -2.19. The van der Waals surface area contributed by atoms with Crippen LogP contribution in [0.1, 0.15) is 38.7 Å². The summed E-state index contributed by atoms with van der Waals surface area (Å²) in [6.45, 7) is 4.71. The minimum absolute atomic E-state index is 0.0288. The molecule has 3 N–H and O–H groups in total. The van der Waals surface area contributed by atoms with Crippen LogP contribution in [0.2, 0.25) is 0 Å². The number of hydrogen-bond acceptors (Lipinski definition) is 3. The lowest BCUT2D eigenvalue weighted by molar-refractivity contribution is -0.121. The molecular formula is C18H27N3O3. The highest BCUT2D eigenvalue weighted by molar-refractivity contribution is 5.78. The van der Waals surface area contributed by atoms with Crippen LogP contribution in [0.15, 0.2) is 24.3 Å². The van der Waals surface area contributed by atoms with Crippen molar-refractivity contribution in [3.05, 3.63) is 29.8 Å². The summed E-state index contributed by atoms with van der Waals surface area (Å²) in [4.78, 5) is 23.4. The predicted octanol–water partition coefficient (Wildman–Crippen LogP) is 1.94. The molecule has 0 unspecified atom stereocenters. The van der Waals surface area contributed by atoms with Gasteiger partial charge in [-0.3, -0.25) is 4.79 Å². The Bertz CT molecular complexity index is 583. The van der Waals surface area contributed by atoms with Gasteiger partial charge in [-0.15, -0.1) is 0 Å². The lowest BCUT2D eigenvalue weighted by atomic mass is 9.95. The van der Waals surface area contributed by atoms with E-state index in [0.717, 1.165) is 24.2 Å². The minimum atomic E-state index is -0.242. The van der Waals surface area contributed by atoms with Gasteiger partial charge in [0.25, 0.3) is 0 Å². The highest BCUT2D eigenvalue weighted by Crippen LogP contribution is 2.50. The molecule has 132 valence electrons. The van der Waals surface area contributed by atoms with Crippen molar-refractivity contribution in [1.29, 1.82) is 0 Å². The van der Waals surface area contributed by atoms with Gasteiger partial charge in [-0.1, -0.05) is 18.2 Å². The average Bonchev–Trinajstić information content (AvgIpc) is 3.33. The summed E-state index contributed by atoms with van der Waals surface area (Å²) in [6, 6.07) is 7.81. The van der Waals surface area contributed by atoms with Crippen LogP contribution >= 0.6 is 0 Å². The van der Waals surface area contributed by atoms with Crippen LogP contribution in [0.4, 0.5) is 4.79 Å². The molecule has 1 aromatic carbocycles. The summed E-state index contributed by atoms with van der Waals surface area (Å²) in [5.41, 5.74) is 1.11. The van der Waals surface area contributed by atoms with Crippen molar-refractivity contribution < 1.29 is 14.3 Å². The van der Waals surface area contributed by atoms with E-state index in [4.69, 9.17) is 4.74 Å². The monoisotopic (exact) mass is 333 g/mol. The van der Waals surface area contributed by atoms with Gasteiger partial charge in [-0.05, 0) is 32.8 Å². The van der Waals surface area contributed by atoms with E-state index in [-0.39, 0.29) is 29.8 Å². The smallest absolute Gasteiger partial charge is 0.314 e. The zero-order valence-electron chi connectivity index (χ0n) is 14.6. The van der Waals surface area contributed by atoms with Gasteiger partial charge in [0.2, 0.25) is 5.91 Å². The zero-order valence-corrected chi connectivity index (χ0v) is 14.6. The molecule has 3 amide bonds. The number of urea groups is 1. The molecule has 0 radical (unpaired) electrons. The van der Waals surface area contributed by atoms with E-state index in [9.17, 15) is 9.59 Å². The molecule has 0 spiro atoms. The van der Waals surface area contributed by atoms with E-state index in [0.29, 0.717) is 13.1 Å². The number of hydrogen-bond donors (Lipinski definition) is 3. The van der Waals surface area contributed by atoms with Gasteiger partial charge in [0.1, 0.15) is 5.75 Å². The van der Waals surface area contributed by atoms with Crippen LogP contribution in [0.5, 0.6) is 5.75 Å². The first-order valence-electron chi connectivity index (χ1n) is 8.41. The number of rotatable bonds is 8. The number of amides is 3. The summed E-state index contributed by atoms with van der Waals surface area (Å²) < 4.78 is 5.43. The zero-order chi connectivity index (χ0) is 17.6. The SMILES string of the molecule is COc1ccccc1C1(CNC(=O)NCCC(=O)NC(C)C)CC1. The highest BCUT2D eigenvalue weighted by Gasteiger charge is 2.46. The average molecular weight is 333 g/mol. The van der Waals surface area contributed by atoms with E-state index in [1.54, 1.807) is 7.11 Å². The molecular weight excluding hydrogens is 306 g/mol. The van der Waals surface area contributed by atoms with Crippen molar-refractivity contribution in [1.82, 2.24) is 16.0 Å². The molecule has 0 bridgehead atoms. The third-order valence-corrected chi connectivity index (χ3v) is 4.21. The lowest BCUT2D eigenvalue weighted by Crippen LogP contribution is -2.41. The second kappa shape index (κ2) is 8.04. The summed E-state index contributed by atoms with van der Waals surface area (Å²) in [5, 5.41) is 8.43. The van der Waals surface area contributed by atoms with E-state index >= 15 is 0 Å². The number of ether oxygens (including phenoxy) is 1. The number of nitrogens with one attached hydrogen (secondary N) is 3. The Morgan fingerprint density at radius 3 is 2.54 bits per heavy atom. The van der Waals surface area contributed by atoms with Crippen molar-refractivity contribution in [2.24, 2.45) is 0 Å². The van der Waals surface area contributed by atoms with Gasteiger partial charge in [0, 0.05) is 36.5 Å². The molecule has 0 saturated heterocycles. The fraction of sp³-hybridized carbons (Fsp3) is 0.556. The summed E-state index contributed by atoms with van der Waals surface area (Å²) >= 11 is 0. The molecule has 6 heteroatoms. The van der Waals surface area contributed by atoms with Crippen molar-refractivity contribution in [3.8, 4) is 5.75 Å². The van der Waals surface area contributed by atoms with Gasteiger partial charge in [-0.25, -0.2) is 4.79 Å². The normalized spacial score (nSPS) is 14.8. The molecule has 1 fully saturated rings. The molecule has 1 saturated carbocycles. The van der Waals surface area contributed by atoms with Gasteiger partial charge in [0.05, 0.1) is 7.11 Å². The fourth-order valence-corrected chi connectivity index (χ4v) is 2.77.